The zero-order valence-corrected chi connectivity index (χ0v) is 19.9. The number of nitro benzene ring substituents is 1. The molecular weight excluding hydrogens is 459 g/mol. The predicted octanol–water partition coefficient (Wildman–Crippen LogP) is 5.12. The summed E-state index contributed by atoms with van der Waals surface area (Å²) in [5, 5.41) is 12.1. The average molecular weight is 483 g/mol. The number of benzene rings is 2. The van der Waals surface area contributed by atoms with Crippen molar-refractivity contribution in [3.8, 4) is 0 Å². The first-order valence-electron chi connectivity index (χ1n) is 9.50. The molecule has 166 valence electrons. The topological polar surface area (TPSA) is 79.6 Å². The molecular formula is C21H24Cl2N4O3S. The van der Waals surface area contributed by atoms with Crippen LogP contribution in [0.3, 0.4) is 0 Å². The highest BCUT2D eigenvalue weighted by Gasteiger charge is 2.21. The minimum Gasteiger partial charge on any atom is -0.309 e. The molecule has 0 aliphatic rings. The Kier molecular flexibility index (Phi) is 8.76. The van der Waals surface area contributed by atoms with Crippen LogP contribution < -0.4 is 4.90 Å². The Morgan fingerprint density at radius 2 is 1.84 bits per heavy atom. The number of non-ortho nitro benzene ring substituents is 1. The van der Waals surface area contributed by atoms with Gasteiger partial charge in [0.25, 0.3) is 5.69 Å². The minimum atomic E-state index is -0.452. The molecule has 3 rings (SSSR count). The summed E-state index contributed by atoms with van der Waals surface area (Å²) in [4.78, 5) is 32.0. The van der Waals surface area contributed by atoms with Crippen LogP contribution in [0.15, 0.2) is 36.4 Å². The first kappa shape index (κ1) is 25.0. The molecule has 0 bridgehead atoms. The number of thiazole rings is 1. The van der Waals surface area contributed by atoms with E-state index in [1.807, 2.05) is 33.2 Å². The Hall–Kier alpha value is -2.26. The van der Waals surface area contributed by atoms with Crippen molar-refractivity contribution >= 4 is 62.3 Å². The lowest BCUT2D eigenvalue weighted by atomic mass is 10.1. The molecule has 3 aromatic rings. The van der Waals surface area contributed by atoms with Crippen molar-refractivity contribution < 1.29 is 9.72 Å². The standard InChI is InChI=1S/C21H23ClN4O3S.ClH/c1-14-5-10-17(22)20-19(14)23-21(30-20)25(12-4-11-24(2)3)18(27)13-15-6-8-16(9-7-15)26(28)29;/h5-10H,4,11-13H2,1-3H3;1H. The molecule has 10 heteroatoms. The zero-order chi connectivity index (χ0) is 21.8. The van der Waals surface area contributed by atoms with E-state index >= 15 is 0 Å². The Labute approximate surface area is 196 Å². The number of nitro groups is 1. The third kappa shape index (κ3) is 6.13. The van der Waals surface area contributed by atoms with E-state index in [-0.39, 0.29) is 30.4 Å². The number of aromatic nitrogens is 1. The molecule has 0 N–H and O–H groups in total. The fraction of sp³-hybridized carbons (Fsp3) is 0.333. The summed E-state index contributed by atoms with van der Waals surface area (Å²) in [6, 6.07) is 9.83. The fourth-order valence-corrected chi connectivity index (χ4v) is 4.44. The number of fused-ring (bicyclic) bond motifs is 1. The number of nitrogens with zero attached hydrogens (tertiary/aromatic N) is 4. The van der Waals surface area contributed by atoms with Crippen LogP contribution in [-0.4, -0.2) is 47.9 Å². The summed E-state index contributed by atoms with van der Waals surface area (Å²) in [5.41, 5.74) is 2.54. The summed E-state index contributed by atoms with van der Waals surface area (Å²) < 4.78 is 0.868. The van der Waals surface area contributed by atoms with Gasteiger partial charge in [0.15, 0.2) is 5.13 Å². The molecule has 0 saturated heterocycles. The van der Waals surface area contributed by atoms with Crippen LogP contribution in [0.2, 0.25) is 5.02 Å². The quantitative estimate of drug-likeness (QED) is 0.328. The number of hydrogen-bond acceptors (Lipinski definition) is 6. The van der Waals surface area contributed by atoms with E-state index in [0.717, 1.165) is 34.3 Å². The molecule has 31 heavy (non-hydrogen) atoms. The Morgan fingerprint density at radius 1 is 1.16 bits per heavy atom. The molecule has 0 fully saturated rings. The second kappa shape index (κ2) is 10.9. The van der Waals surface area contributed by atoms with E-state index in [1.54, 1.807) is 17.0 Å². The molecule has 2 aromatic carbocycles. The van der Waals surface area contributed by atoms with Gasteiger partial charge in [0.05, 0.1) is 26.6 Å². The van der Waals surface area contributed by atoms with Gasteiger partial charge in [-0.25, -0.2) is 4.98 Å². The maximum Gasteiger partial charge on any atom is 0.269 e. The predicted molar refractivity (Wildman–Crippen MR) is 129 cm³/mol. The van der Waals surface area contributed by atoms with Crippen LogP contribution in [0.4, 0.5) is 10.8 Å². The molecule has 0 atom stereocenters. The number of carbonyl (C=O) groups excluding carboxylic acids is 1. The lowest BCUT2D eigenvalue weighted by Crippen LogP contribution is -2.34. The van der Waals surface area contributed by atoms with Gasteiger partial charge in [-0.1, -0.05) is 41.1 Å². The van der Waals surface area contributed by atoms with Gasteiger partial charge in [-0.2, -0.15) is 0 Å². The van der Waals surface area contributed by atoms with Crippen molar-refractivity contribution in [3.05, 3.63) is 62.7 Å². The van der Waals surface area contributed by atoms with Crippen LogP contribution in [-0.2, 0) is 11.2 Å². The van der Waals surface area contributed by atoms with Gasteiger partial charge in [-0.05, 0) is 51.2 Å². The van der Waals surface area contributed by atoms with Gasteiger partial charge in [-0.3, -0.25) is 19.8 Å². The van der Waals surface area contributed by atoms with E-state index in [1.165, 1.54) is 23.5 Å². The third-order valence-corrected chi connectivity index (χ3v) is 6.25. The summed E-state index contributed by atoms with van der Waals surface area (Å²) in [5.74, 6) is -0.101. The summed E-state index contributed by atoms with van der Waals surface area (Å²) in [7, 11) is 3.98. The Morgan fingerprint density at radius 3 is 2.42 bits per heavy atom. The zero-order valence-electron chi connectivity index (χ0n) is 17.5. The van der Waals surface area contributed by atoms with Crippen LogP contribution in [0, 0.1) is 17.0 Å². The molecule has 1 aromatic heterocycles. The van der Waals surface area contributed by atoms with E-state index < -0.39 is 4.92 Å². The lowest BCUT2D eigenvalue weighted by Gasteiger charge is -2.21. The Bertz CT molecular complexity index is 1030. The van der Waals surface area contributed by atoms with Crippen LogP contribution in [0.25, 0.3) is 10.2 Å². The second-order valence-corrected chi connectivity index (χ2v) is 8.73. The van der Waals surface area contributed by atoms with Gasteiger partial charge < -0.3 is 4.90 Å². The van der Waals surface area contributed by atoms with Crippen molar-refractivity contribution in [1.29, 1.82) is 0 Å². The number of carbonyl (C=O) groups is 1. The van der Waals surface area contributed by atoms with E-state index in [9.17, 15) is 14.9 Å². The number of hydrogen-bond donors (Lipinski definition) is 0. The normalized spacial score (nSPS) is 10.9. The fourth-order valence-electron chi connectivity index (χ4n) is 3.08. The highest BCUT2D eigenvalue weighted by atomic mass is 35.5. The largest absolute Gasteiger partial charge is 0.309 e. The Balaban J connectivity index is 0.00000341. The maximum absolute atomic E-state index is 13.2. The monoisotopic (exact) mass is 482 g/mol. The third-order valence-electron chi connectivity index (χ3n) is 4.71. The van der Waals surface area contributed by atoms with Gasteiger partial charge in [0, 0.05) is 18.7 Å². The van der Waals surface area contributed by atoms with Crippen molar-refractivity contribution in [3.63, 3.8) is 0 Å². The molecule has 0 aliphatic carbocycles. The lowest BCUT2D eigenvalue weighted by molar-refractivity contribution is -0.384. The van der Waals surface area contributed by atoms with Crippen molar-refractivity contribution in [2.45, 2.75) is 19.8 Å². The van der Waals surface area contributed by atoms with Gasteiger partial charge in [0.1, 0.15) is 0 Å². The van der Waals surface area contributed by atoms with Crippen molar-refractivity contribution in [2.24, 2.45) is 0 Å². The van der Waals surface area contributed by atoms with Gasteiger partial charge >= 0.3 is 0 Å². The first-order chi connectivity index (χ1) is 14.3. The molecule has 0 aliphatic heterocycles. The molecule has 0 radical (unpaired) electrons. The van der Waals surface area contributed by atoms with Gasteiger partial charge in [-0.15, -0.1) is 12.4 Å². The molecule has 1 heterocycles. The van der Waals surface area contributed by atoms with Crippen molar-refractivity contribution in [2.75, 3.05) is 32.1 Å². The van der Waals surface area contributed by atoms with Gasteiger partial charge in [0.2, 0.25) is 5.91 Å². The highest BCUT2D eigenvalue weighted by molar-refractivity contribution is 7.23. The molecule has 0 saturated carbocycles. The number of anilines is 1. The van der Waals surface area contributed by atoms with Crippen molar-refractivity contribution in [1.82, 2.24) is 9.88 Å². The number of aryl methyl sites for hydroxylation is 1. The molecule has 0 spiro atoms. The first-order valence-corrected chi connectivity index (χ1v) is 10.7. The van der Waals surface area contributed by atoms with Crippen LogP contribution in [0.5, 0.6) is 0 Å². The van der Waals surface area contributed by atoms with Crippen LogP contribution in [0.1, 0.15) is 17.5 Å². The smallest absolute Gasteiger partial charge is 0.269 e. The minimum absolute atomic E-state index is 0. The number of halogens is 2. The number of rotatable bonds is 8. The van der Waals surface area contributed by atoms with Crippen LogP contribution >= 0.6 is 35.3 Å². The summed E-state index contributed by atoms with van der Waals surface area (Å²) in [6.07, 6.45) is 0.935. The summed E-state index contributed by atoms with van der Waals surface area (Å²) in [6.45, 7) is 3.34. The van der Waals surface area contributed by atoms with E-state index in [4.69, 9.17) is 16.6 Å². The molecule has 1 amide bonds. The molecule has 7 nitrogen and oxygen atoms in total. The average Bonchev–Trinajstić information content (AvgIpc) is 3.14. The molecule has 0 unspecified atom stereocenters. The second-order valence-electron chi connectivity index (χ2n) is 7.34. The summed E-state index contributed by atoms with van der Waals surface area (Å²) >= 11 is 7.76. The van der Waals surface area contributed by atoms with E-state index in [0.29, 0.717) is 16.7 Å². The highest BCUT2D eigenvalue weighted by Crippen LogP contribution is 2.36. The number of amides is 1. The maximum atomic E-state index is 13.2. The van der Waals surface area contributed by atoms with E-state index in [2.05, 4.69) is 4.90 Å². The SMILES string of the molecule is Cc1ccc(Cl)c2sc(N(CCCN(C)C)C(=O)Cc3ccc([N+](=O)[O-])cc3)nc12.Cl.